The Kier molecular flexibility index (Phi) is 7.40. The number of aryl methyl sites for hydroxylation is 1. The van der Waals surface area contributed by atoms with Crippen molar-refractivity contribution in [2.45, 2.75) is 52.0 Å². The van der Waals surface area contributed by atoms with Crippen LogP contribution in [0.3, 0.4) is 0 Å². The van der Waals surface area contributed by atoms with Crippen LogP contribution in [0.4, 0.5) is 4.79 Å². The number of nitrogens with one attached hydrogen (secondary N) is 1. The van der Waals surface area contributed by atoms with Crippen molar-refractivity contribution in [1.82, 2.24) is 10.2 Å². The predicted molar refractivity (Wildman–Crippen MR) is 93.6 cm³/mol. The lowest BCUT2D eigenvalue weighted by Crippen LogP contribution is -2.42. The molecule has 1 aromatic carbocycles. The van der Waals surface area contributed by atoms with E-state index in [0.717, 1.165) is 32.4 Å². The quantitative estimate of drug-likeness (QED) is 0.804. The zero-order chi connectivity index (χ0) is 16.5. The van der Waals surface area contributed by atoms with Crippen LogP contribution in [0.5, 0.6) is 0 Å². The number of ether oxygens (including phenoxy) is 1. The van der Waals surface area contributed by atoms with Crippen LogP contribution in [0.25, 0.3) is 0 Å². The van der Waals surface area contributed by atoms with E-state index in [0.29, 0.717) is 13.2 Å². The minimum atomic E-state index is 0.0647. The maximum absolute atomic E-state index is 12.6. The van der Waals surface area contributed by atoms with E-state index in [1.165, 1.54) is 24.0 Å². The summed E-state index contributed by atoms with van der Waals surface area (Å²) in [7, 11) is 0. The van der Waals surface area contributed by atoms with Gasteiger partial charge in [0, 0.05) is 26.3 Å². The molecule has 128 valence electrons. The standard InChI is InChI=1S/C19H30N2O2/c1-3-23-14-8-12-20-19(22)21-13-6-4-5-11-18(21)17-10-7-9-16(2)15-17/h7,9-10,15,18H,3-6,8,11-14H2,1-2H3,(H,20,22)/t18-/m0/s1. The van der Waals surface area contributed by atoms with Gasteiger partial charge in [0.25, 0.3) is 0 Å². The van der Waals surface area contributed by atoms with Crippen molar-refractivity contribution in [3.63, 3.8) is 0 Å². The van der Waals surface area contributed by atoms with Crippen molar-refractivity contribution in [2.24, 2.45) is 0 Å². The Bertz CT molecular complexity index is 490. The predicted octanol–water partition coefficient (Wildman–Crippen LogP) is 4.05. The van der Waals surface area contributed by atoms with E-state index in [4.69, 9.17) is 4.74 Å². The number of likely N-dealkylation sites (tertiary alicyclic amines) is 1. The molecule has 1 N–H and O–H groups in total. The second-order valence-corrected chi connectivity index (χ2v) is 6.26. The Morgan fingerprint density at radius 2 is 2.22 bits per heavy atom. The topological polar surface area (TPSA) is 41.6 Å². The van der Waals surface area contributed by atoms with Crippen LogP contribution < -0.4 is 5.32 Å². The summed E-state index contributed by atoms with van der Waals surface area (Å²) in [6, 6.07) is 8.83. The van der Waals surface area contributed by atoms with Gasteiger partial charge in [-0.25, -0.2) is 4.79 Å². The third kappa shape index (κ3) is 5.54. The number of hydrogen-bond acceptors (Lipinski definition) is 2. The second kappa shape index (κ2) is 9.56. The molecule has 1 atom stereocenters. The lowest BCUT2D eigenvalue weighted by atomic mass is 9.99. The van der Waals surface area contributed by atoms with Gasteiger partial charge in [-0.05, 0) is 38.7 Å². The summed E-state index contributed by atoms with van der Waals surface area (Å²) in [5, 5.41) is 3.06. The molecule has 0 aliphatic carbocycles. The number of benzene rings is 1. The number of carbonyl (C=O) groups is 1. The summed E-state index contributed by atoms with van der Waals surface area (Å²) in [6.07, 6.45) is 5.40. The highest BCUT2D eigenvalue weighted by Crippen LogP contribution is 2.30. The van der Waals surface area contributed by atoms with Crippen LogP contribution in [0, 0.1) is 6.92 Å². The highest BCUT2D eigenvalue weighted by molar-refractivity contribution is 5.74. The van der Waals surface area contributed by atoms with Gasteiger partial charge in [0.05, 0.1) is 6.04 Å². The number of rotatable bonds is 6. The molecule has 2 rings (SSSR count). The van der Waals surface area contributed by atoms with Gasteiger partial charge >= 0.3 is 6.03 Å². The first-order chi connectivity index (χ1) is 11.2. The molecule has 1 saturated heterocycles. The van der Waals surface area contributed by atoms with Gasteiger partial charge in [0.15, 0.2) is 0 Å². The van der Waals surface area contributed by atoms with E-state index in [2.05, 4.69) is 36.5 Å². The first kappa shape index (κ1) is 17.8. The Morgan fingerprint density at radius 3 is 3.00 bits per heavy atom. The van der Waals surface area contributed by atoms with Crippen LogP contribution in [0.2, 0.25) is 0 Å². The van der Waals surface area contributed by atoms with Crippen molar-refractivity contribution in [3.8, 4) is 0 Å². The zero-order valence-corrected chi connectivity index (χ0v) is 14.5. The number of amides is 2. The van der Waals surface area contributed by atoms with E-state index in [9.17, 15) is 4.79 Å². The second-order valence-electron chi connectivity index (χ2n) is 6.26. The maximum Gasteiger partial charge on any atom is 0.317 e. The molecule has 2 amide bonds. The third-order valence-electron chi connectivity index (χ3n) is 4.39. The highest BCUT2D eigenvalue weighted by Gasteiger charge is 2.26. The van der Waals surface area contributed by atoms with Gasteiger partial charge in [-0.1, -0.05) is 42.7 Å². The average molecular weight is 318 g/mol. The van der Waals surface area contributed by atoms with Gasteiger partial charge in [-0.15, -0.1) is 0 Å². The van der Waals surface area contributed by atoms with Gasteiger partial charge in [-0.2, -0.15) is 0 Å². The van der Waals surface area contributed by atoms with Crippen molar-refractivity contribution in [2.75, 3.05) is 26.3 Å². The lowest BCUT2D eigenvalue weighted by Gasteiger charge is -2.31. The Hall–Kier alpha value is -1.55. The number of hydrogen-bond donors (Lipinski definition) is 1. The van der Waals surface area contributed by atoms with Crippen molar-refractivity contribution in [1.29, 1.82) is 0 Å². The summed E-state index contributed by atoms with van der Waals surface area (Å²) in [5.74, 6) is 0. The molecule has 1 aliphatic heterocycles. The first-order valence-corrected chi connectivity index (χ1v) is 8.91. The minimum Gasteiger partial charge on any atom is -0.382 e. The van der Waals surface area contributed by atoms with E-state index >= 15 is 0 Å². The van der Waals surface area contributed by atoms with Crippen LogP contribution in [-0.2, 0) is 4.74 Å². The summed E-state index contributed by atoms with van der Waals surface area (Å²) in [5.41, 5.74) is 2.51. The summed E-state index contributed by atoms with van der Waals surface area (Å²) >= 11 is 0. The molecular formula is C19H30N2O2. The van der Waals surface area contributed by atoms with Crippen LogP contribution in [0.1, 0.15) is 56.2 Å². The SMILES string of the molecule is CCOCCCNC(=O)N1CCCCC[C@H]1c1cccc(C)c1. The molecular weight excluding hydrogens is 288 g/mol. The molecule has 0 unspecified atom stereocenters. The molecule has 1 fully saturated rings. The molecule has 23 heavy (non-hydrogen) atoms. The molecule has 0 bridgehead atoms. The van der Waals surface area contributed by atoms with Gasteiger partial charge < -0.3 is 15.0 Å². The minimum absolute atomic E-state index is 0.0647. The monoisotopic (exact) mass is 318 g/mol. The molecule has 0 aromatic heterocycles. The van der Waals surface area contributed by atoms with E-state index in [1.54, 1.807) is 0 Å². The molecule has 4 heteroatoms. The van der Waals surface area contributed by atoms with Crippen LogP contribution in [-0.4, -0.2) is 37.2 Å². The van der Waals surface area contributed by atoms with Gasteiger partial charge in [0.1, 0.15) is 0 Å². The fraction of sp³-hybridized carbons (Fsp3) is 0.632. The maximum atomic E-state index is 12.6. The van der Waals surface area contributed by atoms with E-state index < -0.39 is 0 Å². The van der Waals surface area contributed by atoms with Gasteiger partial charge in [-0.3, -0.25) is 0 Å². The third-order valence-corrected chi connectivity index (χ3v) is 4.39. The molecule has 1 heterocycles. The molecule has 1 aliphatic rings. The summed E-state index contributed by atoms with van der Waals surface area (Å²) < 4.78 is 5.32. The number of urea groups is 1. The molecule has 4 nitrogen and oxygen atoms in total. The van der Waals surface area contributed by atoms with E-state index in [-0.39, 0.29) is 12.1 Å². The number of nitrogens with zero attached hydrogens (tertiary/aromatic N) is 1. The number of carbonyl (C=O) groups excluding carboxylic acids is 1. The Labute approximate surface area is 140 Å². The lowest BCUT2D eigenvalue weighted by molar-refractivity contribution is 0.142. The van der Waals surface area contributed by atoms with Gasteiger partial charge in [0.2, 0.25) is 0 Å². The largest absolute Gasteiger partial charge is 0.382 e. The smallest absolute Gasteiger partial charge is 0.317 e. The average Bonchev–Trinajstić information content (AvgIpc) is 2.80. The van der Waals surface area contributed by atoms with E-state index in [1.807, 2.05) is 11.8 Å². The van der Waals surface area contributed by atoms with Crippen LogP contribution in [0.15, 0.2) is 24.3 Å². The van der Waals surface area contributed by atoms with Crippen molar-refractivity contribution in [3.05, 3.63) is 35.4 Å². The molecule has 1 aromatic rings. The van der Waals surface area contributed by atoms with Crippen molar-refractivity contribution < 1.29 is 9.53 Å². The van der Waals surface area contributed by atoms with Crippen molar-refractivity contribution >= 4 is 6.03 Å². The Balaban J connectivity index is 1.98. The first-order valence-electron chi connectivity index (χ1n) is 8.91. The summed E-state index contributed by atoms with van der Waals surface area (Å²) in [6.45, 7) is 7.06. The molecule has 0 radical (unpaired) electrons. The highest BCUT2D eigenvalue weighted by atomic mass is 16.5. The normalized spacial score (nSPS) is 18.5. The fourth-order valence-corrected chi connectivity index (χ4v) is 3.19. The molecule has 0 spiro atoms. The van der Waals surface area contributed by atoms with Crippen LogP contribution >= 0.6 is 0 Å². The fourth-order valence-electron chi connectivity index (χ4n) is 3.19. The summed E-state index contributed by atoms with van der Waals surface area (Å²) in [4.78, 5) is 14.7. The Morgan fingerprint density at radius 1 is 1.35 bits per heavy atom. The zero-order valence-electron chi connectivity index (χ0n) is 14.5. The molecule has 0 saturated carbocycles.